The van der Waals surface area contributed by atoms with Crippen molar-refractivity contribution in [2.75, 3.05) is 5.32 Å². The number of aromatic carboxylic acids is 1. The van der Waals surface area contributed by atoms with Crippen molar-refractivity contribution < 1.29 is 9.90 Å². The number of rotatable bonds is 4. The Hall–Kier alpha value is -1.33. The molecule has 1 heterocycles. The first-order valence-electron chi connectivity index (χ1n) is 5.39. The molecule has 0 aliphatic carbocycles. The number of thiophene rings is 1. The van der Waals surface area contributed by atoms with Crippen molar-refractivity contribution in [1.82, 2.24) is 0 Å². The van der Waals surface area contributed by atoms with Gasteiger partial charge < -0.3 is 10.4 Å². The number of carboxylic acid groups (broad SMARTS) is 1. The van der Waals surface area contributed by atoms with E-state index >= 15 is 0 Å². The Bertz CT molecular complexity index is 554. The molecule has 0 spiro atoms. The van der Waals surface area contributed by atoms with Crippen LogP contribution in [0.4, 0.5) is 5.69 Å². The summed E-state index contributed by atoms with van der Waals surface area (Å²) in [5.74, 6) is -0.928. The van der Waals surface area contributed by atoms with Gasteiger partial charge in [-0.2, -0.15) is 11.3 Å². The largest absolute Gasteiger partial charge is 0.478 e. The molecule has 0 aliphatic heterocycles. The molecule has 18 heavy (non-hydrogen) atoms. The Morgan fingerprint density at radius 1 is 1.44 bits per heavy atom. The maximum absolute atomic E-state index is 11.1. The van der Waals surface area contributed by atoms with Crippen LogP contribution in [0.1, 0.15) is 28.9 Å². The summed E-state index contributed by atoms with van der Waals surface area (Å²) in [5, 5.41) is 16.4. The number of carbonyl (C=O) groups is 1. The normalized spacial score (nSPS) is 12.1. The SMILES string of the molecule is CC(Nc1cc(Br)ccc1C(=O)O)c1ccsc1. The summed E-state index contributed by atoms with van der Waals surface area (Å²) in [7, 11) is 0. The lowest BCUT2D eigenvalue weighted by atomic mass is 10.1. The number of benzene rings is 1. The van der Waals surface area contributed by atoms with Crippen LogP contribution >= 0.6 is 27.3 Å². The Labute approximate surface area is 118 Å². The molecule has 1 unspecified atom stereocenters. The monoisotopic (exact) mass is 325 g/mol. The van der Waals surface area contributed by atoms with E-state index < -0.39 is 5.97 Å². The van der Waals surface area contributed by atoms with Crippen LogP contribution in [0.25, 0.3) is 0 Å². The zero-order chi connectivity index (χ0) is 13.1. The predicted octanol–water partition coefficient (Wildman–Crippen LogP) is 4.38. The van der Waals surface area contributed by atoms with Gasteiger partial charge >= 0.3 is 5.97 Å². The van der Waals surface area contributed by atoms with Crippen molar-refractivity contribution in [1.29, 1.82) is 0 Å². The highest BCUT2D eigenvalue weighted by Gasteiger charge is 2.13. The summed E-state index contributed by atoms with van der Waals surface area (Å²) < 4.78 is 0.854. The van der Waals surface area contributed by atoms with Crippen molar-refractivity contribution in [3.63, 3.8) is 0 Å². The number of hydrogen-bond donors (Lipinski definition) is 2. The molecule has 1 aromatic carbocycles. The second kappa shape index (κ2) is 5.54. The maximum Gasteiger partial charge on any atom is 0.337 e. The van der Waals surface area contributed by atoms with Crippen LogP contribution in [0, 0.1) is 0 Å². The first kappa shape index (κ1) is 13.1. The predicted molar refractivity (Wildman–Crippen MR) is 77.5 cm³/mol. The van der Waals surface area contributed by atoms with Crippen LogP contribution in [0.5, 0.6) is 0 Å². The van der Waals surface area contributed by atoms with Crippen molar-refractivity contribution in [3.8, 4) is 0 Å². The van der Waals surface area contributed by atoms with Crippen LogP contribution in [-0.4, -0.2) is 11.1 Å². The number of carboxylic acids is 1. The molecular formula is C13H12BrNO2S. The fraction of sp³-hybridized carbons (Fsp3) is 0.154. The van der Waals surface area contributed by atoms with E-state index in [1.807, 2.05) is 18.4 Å². The summed E-state index contributed by atoms with van der Waals surface area (Å²) in [6.07, 6.45) is 0. The van der Waals surface area contributed by atoms with Crippen molar-refractivity contribution >= 4 is 38.9 Å². The number of halogens is 1. The van der Waals surface area contributed by atoms with Gasteiger partial charge in [0.25, 0.3) is 0 Å². The highest BCUT2D eigenvalue weighted by atomic mass is 79.9. The zero-order valence-corrected chi connectivity index (χ0v) is 12.1. The molecule has 0 radical (unpaired) electrons. The topological polar surface area (TPSA) is 49.3 Å². The van der Waals surface area contributed by atoms with Crippen molar-refractivity contribution in [3.05, 3.63) is 50.6 Å². The molecule has 3 nitrogen and oxygen atoms in total. The molecule has 2 rings (SSSR count). The average molecular weight is 326 g/mol. The van der Waals surface area contributed by atoms with E-state index in [9.17, 15) is 4.79 Å². The fourth-order valence-corrected chi connectivity index (χ4v) is 2.78. The smallest absolute Gasteiger partial charge is 0.337 e. The van der Waals surface area contributed by atoms with Gasteiger partial charge in [-0.05, 0) is 47.5 Å². The van der Waals surface area contributed by atoms with E-state index in [1.165, 1.54) is 0 Å². The Morgan fingerprint density at radius 3 is 2.83 bits per heavy atom. The van der Waals surface area contributed by atoms with Crippen molar-refractivity contribution in [2.24, 2.45) is 0 Å². The van der Waals surface area contributed by atoms with Crippen LogP contribution < -0.4 is 5.32 Å². The highest BCUT2D eigenvalue weighted by molar-refractivity contribution is 9.10. The second-order valence-corrected chi connectivity index (χ2v) is 5.61. The van der Waals surface area contributed by atoms with E-state index in [0.717, 1.165) is 10.0 Å². The van der Waals surface area contributed by atoms with Gasteiger partial charge in [0, 0.05) is 10.5 Å². The van der Waals surface area contributed by atoms with E-state index in [1.54, 1.807) is 29.5 Å². The van der Waals surface area contributed by atoms with Crippen LogP contribution in [0.2, 0.25) is 0 Å². The number of hydrogen-bond acceptors (Lipinski definition) is 3. The molecule has 0 saturated carbocycles. The van der Waals surface area contributed by atoms with Gasteiger partial charge in [0.1, 0.15) is 0 Å². The molecule has 2 N–H and O–H groups in total. The minimum absolute atomic E-state index is 0.0728. The van der Waals surface area contributed by atoms with Gasteiger partial charge in [0.15, 0.2) is 0 Å². The summed E-state index contributed by atoms with van der Waals surface area (Å²) in [6, 6.07) is 7.20. The lowest BCUT2D eigenvalue weighted by molar-refractivity contribution is 0.0698. The molecule has 2 aromatic rings. The minimum atomic E-state index is -0.928. The Morgan fingerprint density at radius 2 is 2.22 bits per heavy atom. The Kier molecular flexibility index (Phi) is 4.04. The van der Waals surface area contributed by atoms with Crippen LogP contribution in [0.3, 0.4) is 0 Å². The third kappa shape index (κ3) is 2.91. The zero-order valence-electron chi connectivity index (χ0n) is 9.68. The maximum atomic E-state index is 11.1. The molecule has 1 atom stereocenters. The van der Waals surface area contributed by atoms with E-state index in [2.05, 4.69) is 26.6 Å². The molecule has 0 bridgehead atoms. The Balaban J connectivity index is 2.28. The minimum Gasteiger partial charge on any atom is -0.478 e. The third-order valence-electron chi connectivity index (χ3n) is 2.63. The highest BCUT2D eigenvalue weighted by Crippen LogP contribution is 2.26. The third-order valence-corrected chi connectivity index (χ3v) is 3.82. The molecule has 0 saturated heterocycles. The lowest BCUT2D eigenvalue weighted by Gasteiger charge is -2.16. The first-order chi connectivity index (χ1) is 8.58. The second-order valence-electron chi connectivity index (χ2n) is 3.92. The van der Waals surface area contributed by atoms with E-state index in [-0.39, 0.29) is 11.6 Å². The van der Waals surface area contributed by atoms with Crippen LogP contribution in [-0.2, 0) is 0 Å². The number of nitrogens with one attached hydrogen (secondary N) is 1. The van der Waals surface area contributed by atoms with E-state index in [0.29, 0.717) is 5.69 Å². The van der Waals surface area contributed by atoms with E-state index in [4.69, 9.17) is 5.11 Å². The molecule has 0 amide bonds. The molecule has 5 heteroatoms. The average Bonchev–Trinajstić information content (AvgIpc) is 2.81. The molecule has 0 fully saturated rings. The van der Waals surface area contributed by atoms with Gasteiger partial charge in [0.2, 0.25) is 0 Å². The van der Waals surface area contributed by atoms with Crippen molar-refractivity contribution in [2.45, 2.75) is 13.0 Å². The lowest BCUT2D eigenvalue weighted by Crippen LogP contribution is -2.10. The summed E-state index contributed by atoms with van der Waals surface area (Å²) >= 11 is 4.98. The van der Waals surface area contributed by atoms with Gasteiger partial charge in [-0.1, -0.05) is 15.9 Å². The number of anilines is 1. The molecule has 1 aromatic heterocycles. The standard InChI is InChI=1S/C13H12BrNO2S/c1-8(9-4-5-18-7-9)15-12-6-10(14)2-3-11(12)13(16)17/h2-8,15H,1H3,(H,16,17). The molecule has 94 valence electrons. The summed E-state index contributed by atoms with van der Waals surface area (Å²) in [5.41, 5.74) is 2.05. The van der Waals surface area contributed by atoms with Gasteiger partial charge in [-0.15, -0.1) is 0 Å². The first-order valence-corrected chi connectivity index (χ1v) is 7.13. The summed E-state index contributed by atoms with van der Waals surface area (Å²) in [6.45, 7) is 2.01. The quantitative estimate of drug-likeness (QED) is 0.876. The fourth-order valence-electron chi connectivity index (χ4n) is 1.66. The molecule has 0 aliphatic rings. The van der Waals surface area contributed by atoms with Crippen LogP contribution in [0.15, 0.2) is 39.5 Å². The van der Waals surface area contributed by atoms with Gasteiger partial charge in [0.05, 0.1) is 11.3 Å². The van der Waals surface area contributed by atoms with Gasteiger partial charge in [-0.3, -0.25) is 0 Å². The summed E-state index contributed by atoms with van der Waals surface area (Å²) in [4.78, 5) is 11.1. The van der Waals surface area contributed by atoms with Gasteiger partial charge in [-0.25, -0.2) is 4.79 Å². The molecular weight excluding hydrogens is 314 g/mol.